The van der Waals surface area contributed by atoms with E-state index in [1.54, 1.807) is 6.07 Å². The Morgan fingerprint density at radius 2 is 1.91 bits per heavy atom. The summed E-state index contributed by atoms with van der Waals surface area (Å²) in [6.45, 7) is 2.98. The van der Waals surface area contributed by atoms with Crippen LogP contribution in [0.3, 0.4) is 0 Å². The van der Waals surface area contributed by atoms with Gasteiger partial charge in [0, 0.05) is 31.9 Å². The molecule has 2 rings (SSSR count). The van der Waals surface area contributed by atoms with E-state index in [0.29, 0.717) is 31.9 Å². The minimum atomic E-state index is -4.56. The molecule has 23 heavy (non-hydrogen) atoms. The summed E-state index contributed by atoms with van der Waals surface area (Å²) in [5.41, 5.74) is -0.858. The molecule has 1 aliphatic rings. The van der Waals surface area contributed by atoms with Gasteiger partial charge in [0.1, 0.15) is 6.10 Å². The van der Waals surface area contributed by atoms with Crippen LogP contribution >= 0.6 is 0 Å². The largest absolute Gasteiger partial charge is 0.417 e. The van der Waals surface area contributed by atoms with Crippen LogP contribution in [0.5, 0.6) is 0 Å². The zero-order valence-corrected chi connectivity index (χ0v) is 12.5. The molecular formula is C15H16F3N3O2. The predicted octanol–water partition coefficient (Wildman–Crippen LogP) is 1.61. The molecule has 0 saturated carbocycles. The van der Waals surface area contributed by atoms with Gasteiger partial charge in [-0.25, -0.2) is 0 Å². The second kappa shape index (κ2) is 6.46. The highest BCUT2D eigenvalue weighted by atomic mass is 19.4. The Balaban J connectivity index is 2.13. The highest BCUT2D eigenvalue weighted by Crippen LogP contribution is 2.33. The molecule has 1 fully saturated rings. The molecule has 1 N–H and O–H groups in total. The molecule has 0 unspecified atom stereocenters. The molecule has 1 amide bonds. The van der Waals surface area contributed by atoms with E-state index in [1.165, 1.54) is 24.0 Å². The standard InChI is InChI=1S/C15H16F3N3O2/c1-10(22)14(23)21-6-4-20(5-7-21)12-2-3-13(15(16,17)18)11(8-12)9-19/h2-3,8,10,22H,4-7H2,1H3/t10-/m0/s1. The summed E-state index contributed by atoms with van der Waals surface area (Å²) in [7, 11) is 0. The van der Waals surface area contributed by atoms with Crippen LogP contribution in [0.25, 0.3) is 0 Å². The number of carbonyl (C=O) groups excluding carboxylic acids is 1. The lowest BCUT2D eigenvalue weighted by atomic mass is 10.1. The summed E-state index contributed by atoms with van der Waals surface area (Å²) in [6, 6.07) is 5.03. The number of hydrogen-bond donors (Lipinski definition) is 1. The highest BCUT2D eigenvalue weighted by molar-refractivity contribution is 5.80. The third kappa shape index (κ3) is 3.74. The molecule has 8 heteroatoms. The SMILES string of the molecule is C[C@H](O)C(=O)N1CCN(c2ccc(C(F)(F)F)c(C#N)c2)CC1. The molecule has 1 atom stereocenters. The van der Waals surface area contributed by atoms with Crippen molar-refractivity contribution in [3.8, 4) is 6.07 Å². The van der Waals surface area contributed by atoms with Gasteiger partial charge in [-0.05, 0) is 25.1 Å². The number of aliphatic hydroxyl groups excluding tert-OH is 1. The molecule has 0 aromatic heterocycles. The molecule has 1 saturated heterocycles. The van der Waals surface area contributed by atoms with Crippen molar-refractivity contribution in [2.75, 3.05) is 31.1 Å². The molecule has 124 valence electrons. The van der Waals surface area contributed by atoms with Crippen LogP contribution in [0.2, 0.25) is 0 Å². The number of piperazine rings is 1. The average molecular weight is 327 g/mol. The van der Waals surface area contributed by atoms with Gasteiger partial charge >= 0.3 is 6.18 Å². The number of alkyl halides is 3. The number of benzene rings is 1. The number of nitrogens with zero attached hydrogens (tertiary/aromatic N) is 3. The minimum absolute atomic E-state index is 0.366. The van der Waals surface area contributed by atoms with Crippen LogP contribution in [0.15, 0.2) is 18.2 Å². The van der Waals surface area contributed by atoms with Crippen molar-refractivity contribution >= 4 is 11.6 Å². The van der Waals surface area contributed by atoms with E-state index in [-0.39, 0.29) is 5.91 Å². The van der Waals surface area contributed by atoms with E-state index in [1.807, 2.05) is 4.90 Å². The maximum atomic E-state index is 12.8. The fourth-order valence-electron chi connectivity index (χ4n) is 2.52. The molecular weight excluding hydrogens is 311 g/mol. The number of hydrogen-bond acceptors (Lipinski definition) is 4. The van der Waals surface area contributed by atoms with Gasteiger partial charge in [-0.15, -0.1) is 0 Å². The Morgan fingerprint density at radius 1 is 1.30 bits per heavy atom. The fraction of sp³-hybridized carbons (Fsp3) is 0.467. The highest BCUT2D eigenvalue weighted by Gasteiger charge is 2.34. The second-order valence-corrected chi connectivity index (χ2v) is 5.33. The summed E-state index contributed by atoms with van der Waals surface area (Å²) in [5, 5.41) is 18.2. The minimum Gasteiger partial charge on any atom is -0.384 e. The Labute approximate surface area is 131 Å². The first-order chi connectivity index (χ1) is 10.7. The lowest BCUT2D eigenvalue weighted by Gasteiger charge is -2.36. The fourth-order valence-corrected chi connectivity index (χ4v) is 2.52. The van der Waals surface area contributed by atoms with Crippen molar-refractivity contribution in [1.82, 2.24) is 4.90 Å². The normalized spacial score (nSPS) is 16.9. The van der Waals surface area contributed by atoms with Crippen LogP contribution in [0.4, 0.5) is 18.9 Å². The maximum Gasteiger partial charge on any atom is 0.417 e. The summed E-state index contributed by atoms with van der Waals surface area (Å²) < 4.78 is 38.4. The first-order valence-electron chi connectivity index (χ1n) is 7.07. The van der Waals surface area contributed by atoms with Crippen molar-refractivity contribution in [2.45, 2.75) is 19.2 Å². The quantitative estimate of drug-likeness (QED) is 0.896. The van der Waals surface area contributed by atoms with Gasteiger partial charge in [0.15, 0.2) is 0 Å². The van der Waals surface area contributed by atoms with Gasteiger partial charge in [0.2, 0.25) is 0 Å². The number of rotatable bonds is 2. The smallest absolute Gasteiger partial charge is 0.384 e. The van der Waals surface area contributed by atoms with Gasteiger partial charge in [-0.2, -0.15) is 18.4 Å². The zero-order chi connectivity index (χ0) is 17.2. The van der Waals surface area contributed by atoms with E-state index in [0.717, 1.165) is 6.07 Å². The Morgan fingerprint density at radius 3 is 2.39 bits per heavy atom. The molecule has 1 heterocycles. The Bertz CT molecular complexity index is 630. The van der Waals surface area contributed by atoms with E-state index in [4.69, 9.17) is 5.26 Å². The molecule has 1 aromatic carbocycles. The van der Waals surface area contributed by atoms with E-state index < -0.39 is 23.4 Å². The third-order valence-electron chi connectivity index (χ3n) is 3.74. The molecule has 0 spiro atoms. The van der Waals surface area contributed by atoms with Gasteiger partial charge < -0.3 is 14.9 Å². The maximum absolute atomic E-state index is 12.8. The monoisotopic (exact) mass is 327 g/mol. The molecule has 0 radical (unpaired) electrons. The van der Waals surface area contributed by atoms with Gasteiger partial charge in [-0.1, -0.05) is 0 Å². The molecule has 1 aromatic rings. The number of anilines is 1. The van der Waals surface area contributed by atoms with Gasteiger partial charge in [-0.3, -0.25) is 4.79 Å². The van der Waals surface area contributed by atoms with Crippen LogP contribution in [0, 0.1) is 11.3 Å². The zero-order valence-electron chi connectivity index (χ0n) is 12.5. The summed E-state index contributed by atoms with van der Waals surface area (Å²) in [4.78, 5) is 15.0. The lowest BCUT2D eigenvalue weighted by molar-refractivity contribution is -0.139. The third-order valence-corrected chi connectivity index (χ3v) is 3.74. The van der Waals surface area contributed by atoms with Crippen LogP contribution in [-0.2, 0) is 11.0 Å². The summed E-state index contributed by atoms with van der Waals surface area (Å²) in [5.74, 6) is -0.366. The van der Waals surface area contributed by atoms with E-state index in [9.17, 15) is 23.1 Å². The van der Waals surface area contributed by atoms with E-state index >= 15 is 0 Å². The summed E-state index contributed by atoms with van der Waals surface area (Å²) >= 11 is 0. The van der Waals surface area contributed by atoms with Crippen molar-refractivity contribution in [1.29, 1.82) is 5.26 Å². The molecule has 0 bridgehead atoms. The number of amides is 1. The topological polar surface area (TPSA) is 67.6 Å². The van der Waals surface area contributed by atoms with Crippen LogP contribution in [0.1, 0.15) is 18.1 Å². The summed E-state index contributed by atoms with van der Waals surface area (Å²) in [6.07, 6.45) is -5.63. The van der Waals surface area contributed by atoms with Crippen molar-refractivity contribution < 1.29 is 23.1 Å². The first-order valence-corrected chi connectivity index (χ1v) is 7.07. The first kappa shape index (κ1) is 17.1. The van der Waals surface area contributed by atoms with Gasteiger partial charge in [0.05, 0.1) is 17.2 Å². The number of nitriles is 1. The second-order valence-electron chi connectivity index (χ2n) is 5.33. The van der Waals surface area contributed by atoms with Crippen molar-refractivity contribution in [3.63, 3.8) is 0 Å². The Hall–Kier alpha value is -2.27. The number of halogens is 3. The lowest BCUT2D eigenvalue weighted by Crippen LogP contribution is -2.51. The predicted molar refractivity (Wildman–Crippen MR) is 76.6 cm³/mol. The van der Waals surface area contributed by atoms with E-state index in [2.05, 4.69) is 0 Å². The molecule has 1 aliphatic heterocycles. The van der Waals surface area contributed by atoms with Crippen LogP contribution in [-0.4, -0.2) is 48.2 Å². The molecule has 0 aliphatic carbocycles. The molecule has 5 nitrogen and oxygen atoms in total. The number of carbonyl (C=O) groups is 1. The Kier molecular flexibility index (Phi) is 4.80. The van der Waals surface area contributed by atoms with Crippen molar-refractivity contribution in [2.24, 2.45) is 0 Å². The van der Waals surface area contributed by atoms with Gasteiger partial charge in [0.25, 0.3) is 5.91 Å². The number of aliphatic hydroxyl groups is 1. The average Bonchev–Trinajstić information content (AvgIpc) is 2.52. The van der Waals surface area contributed by atoms with Crippen LogP contribution < -0.4 is 4.90 Å². The van der Waals surface area contributed by atoms with Crippen molar-refractivity contribution in [3.05, 3.63) is 29.3 Å².